The fourth-order valence-corrected chi connectivity index (χ4v) is 4.95. The van der Waals surface area contributed by atoms with Crippen molar-refractivity contribution in [1.82, 2.24) is 20.9 Å². The van der Waals surface area contributed by atoms with E-state index in [1.54, 1.807) is 24.3 Å². The Balaban J connectivity index is 1.37. The van der Waals surface area contributed by atoms with Crippen LogP contribution in [0.1, 0.15) is 40.7 Å². The van der Waals surface area contributed by atoms with Gasteiger partial charge in [0, 0.05) is 18.2 Å². The number of benzene rings is 3. The smallest absolute Gasteiger partial charge is 0.310 e. The molecule has 0 radical (unpaired) electrons. The van der Waals surface area contributed by atoms with Crippen LogP contribution in [0.15, 0.2) is 60.7 Å². The monoisotopic (exact) mass is 525 g/mol. The molecule has 1 unspecified atom stereocenters. The second-order valence-corrected chi connectivity index (χ2v) is 10.1. The van der Waals surface area contributed by atoms with E-state index in [1.165, 1.54) is 0 Å². The first-order valence-electron chi connectivity index (χ1n) is 13.1. The number of ether oxygens (including phenoxy) is 1. The van der Waals surface area contributed by atoms with E-state index in [0.29, 0.717) is 29.5 Å². The fourth-order valence-electron chi connectivity index (χ4n) is 4.95. The van der Waals surface area contributed by atoms with E-state index in [1.807, 2.05) is 18.2 Å². The number of nitrogens with zero attached hydrogens (tertiary/aromatic N) is 2. The lowest BCUT2D eigenvalue weighted by Gasteiger charge is -2.37. The number of amides is 3. The molecule has 200 valence electrons. The topological polar surface area (TPSA) is 124 Å². The number of hydrogen-bond donors (Lipinski definition) is 3. The molecule has 1 aliphatic carbocycles. The van der Waals surface area contributed by atoms with Crippen molar-refractivity contribution in [2.24, 2.45) is 0 Å². The Morgan fingerprint density at radius 2 is 1.82 bits per heavy atom. The van der Waals surface area contributed by atoms with Gasteiger partial charge in [-0.05, 0) is 66.9 Å². The average Bonchev–Trinajstić information content (AvgIpc) is 3.73. The summed E-state index contributed by atoms with van der Waals surface area (Å²) >= 11 is 0. The Bertz CT molecular complexity index is 1450. The first-order valence-corrected chi connectivity index (χ1v) is 13.1. The van der Waals surface area contributed by atoms with Crippen molar-refractivity contribution < 1.29 is 19.1 Å². The molecule has 2 aliphatic rings. The van der Waals surface area contributed by atoms with Crippen molar-refractivity contribution in [3.8, 4) is 11.8 Å². The molecule has 3 amide bonds. The third kappa shape index (κ3) is 5.71. The molecule has 1 saturated carbocycles. The van der Waals surface area contributed by atoms with Gasteiger partial charge in [-0.1, -0.05) is 48.5 Å². The Morgan fingerprint density at radius 1 is 1.05 bits per heavy atom. The predicted octanol–water partition coefficient (Wildman–Crippen LogP) is 2.60. The van der Waals surface area contributed by atoms with Crippen LogP contribution in [0.5, 0.6) is 5.75 Å². The molecule has 1 heterocycles. The van der Waals surface area contributed by atoms with E-state index in [0.717, 1.165) is 42.1 Å². The van der Waals surface area contributed by atoms with Crippen LogP contribution >= 0.6 is 0 Å². The highest BCUT2D eigenvalue weighted by molar-refractivity contribution is 6.35. The average molecular weight is 526 g/mol. The standard InChI is InChI=1S/C30H31N5O4/c1-35-16-11-22(35)19-39-23-10-9-21(18-33-29(38)28(37)32-15-14-31)25(17-23)27(36)34-30(12-13-30)26-8-4-6-20-5-2-3-7-24(20)26/h2-10,17,22H,11-13,15-16,18-19H2,1H3,(H,32,37)(H,33,38)(H,34,36). The Kier molecular flexibility index (Phi) is 7.48. The van der Waals surface area contributed by atoms with Gasteiger partial charge >= 0.3 is 11.8 Å². The van der Waals surface area contributed by atoms with E-state index >= 15 is 0 Å². The number of carbonyl (C=O) groups excluding carboxylic acids is 3. The summed E-state index contributed by atoms with van der Waals surface area (Å²) in [4.78, 5) is 40.1. The molecule has 1 atom stereocenters. The maximum atomic E-state index is 13.8. The molecule has 3 aromatic carbocycles. The maximum Gasteiger partial charge on any atom is 0.310 e. The highest BCUT2D eigenvalue weighted by Crippen LogP contribution is 2.48. The summed E-state index contributed by atoms with van der Waals surface area (Å²) in [6.07, 6.45) is 2.71. The minimum absolute atomic E-state index is 0.0333. The molecule has 0 bridgehead atoms. The summed E-state index contributed by atoms with van der Waals surface area (Å²) in [5, 5.41) is 18.9. The minimum atomic E-state index is -0.903. The zero-order valence-electron chi connectivity index (χ0n) is 21.8. The first-order chi connectivity index (χ1) is 18.9. The van der Waals surface area contributed by atoms with Crippen LogP contribution in [0.2, 0.25) is 0 Å². The minimum Gasteiger partial charge on any atom is -0.492 e. The van der Waals surface area contributed by atoms with E-state index in [2.05, 4.69) is 52.2 Å². The van der Waals surface area contributed by atoms with Crippen LogP contribution < -0.4 is 20.7 Å². The number of likely N-dealkylation sites (N-methyl/N-ethyl adjacent to an activating group) is 1. The summed E-state index contributed by atoms with van der Waals surface area (Å²) in [5.41, 5.74) is 1.54. The number of nitriles is 1. The lowest BCUT2D eigenvalue weighted by atomic mass is 9.96. The molecule has 2 fully saturated rings. The van der Waals surface area contributed by atoms with Gasteiger partial charge in [0.2, 0.25) is 0 Å². The van der Waals surface area contributed by atoms with Gasteiger partial charge < -0.3 is 20.7 Å². The Hall–Kier alpha value is -4.42. The second kappa shape index (κ2) is 11.1. The van der Waals surface area contributed by atoms with Gasteiger partial charge in [0.15, 0.2) is 0 Å². The van der Waals surface area contributed by atoms with Crippen LogP contribution in [-0.4, -0.2) is 55.4 Å². The molecule has 9 heteroatoms. The van der Waals surface area contributed by atoms with E-state index in [9.17, 15) is 14.4 Å². The number of carbonyl (C=O) groups is 3. The molecule has 3 N–H and O–H groups in total. The zero-order chi connectivity index (χ0) is 27.4. The summed E-state index contributed by atoms with van der Waals surface area (Å²) in [7, 11) is 2.05. The van der Waals surface area contributed by atoms with E-state index in [-0.39, 0.29) is 19.0 Å². The van der Waals surface area contributed by atoms with Gasteiger partial charge in [-0.3, -0.25) is 19.3 Å². The molecule has 3 aromatic rings. The first kappa shape index (κ1) is 26.2. The fraction of sp³-hybridized carbons (Fsp3) is 0.333. The molecule has 1 aliphatic heterocycles. The molecule has 5 rings (SSSR count). The quantitative estimate of drug-likeness (QED) is 0.292. The van der Waals surface area contributed by atoms with Crippen molar-refractivity contribution in [3.63, 3.8) is 0 Å². The van der Waals surface area contributed by atoms with Gasteiger partial charge in [-0.15, -0.1) is 0 Å². The third-order valence-electron chi connectivity index (χ3n) is 7.59. The second-order valence-electron chi connectivity index (χ2n) is 10.1. The van der Waals surface area contributed by atoms with Crippen LogP contribution in [0.3, 0.4) is 0 Å². The van der Waals surface area contributed by atoms with Crippen molar-refractivity contribution in [1.29, 1.82) is 5.26 Å². The summed E-state index contributed by atoms with van der Waals surface area (Å²) in [5.74, 6) is -1.48. The van der Waals surface area contributed by atoms with E-state index < -0.39 is 17.4 Å². The van der Waals surface area contributed by atoms with Crippen LogP contribution in [0.4, 0.5) is 0 Å². The van der Waals surface area contributed by atoms with Gasteiger partial charge in [-0.2, -0.15) is 5.26 Å². The molecular formula is C30H31N5O4. The Morgan fingerprint density at radius 3 is 2.54 bits per heavy atom. The lowest BCUT2D eigenvalue weighted by Crippen LogP contribution is -2.48. The van der Waals surface area contributed by atoms with E-state index in [4.69, 9.17) is 10.00 Å². The van der Waals surface area contributed by atoms with Gasteiger partial charge in [0.25, 0.3) is 5.91 Å². The highest BCUT2D eigenvalue weighted by Gasteiger charge is 2.46. The largest absolute Gasteiger partial charge is 0.492 e. The van der Waals surface area contributed by atoms with Gasteiger partial charge in [0.05, 0.1) is 11.6 Å². The normalized spacial score (nSPS) is 17.4. The van der Waals surface area contributed by atoms with Gasteiger partial charge in [-0.25, -0.2) is 0 Å². The number of fused-ring (bicyclic) bond motifs is 1. The molecule has 0 spiro atoms. The SMILES string of the molecule is CN1CCC1COc1ccc(CNC(=O)C(=O)NCC#N)c(C(=O)NC2(c3cccc4ccccc34)CC2)c1. The summed E-state index contributed by atoms with van der Waals surface area (Å²) in [6, 6.07) is 21.6. The predicted molar refractivity (Wildman–Crippen MR) is 146 cm³/mol. The number of hydrogen-bond acceptors (Lipinski definition) is 6. The molecular weight excluding hydrogens is 494 g/mol. The van der Waals surface area contributed by atoms with Crippen LogP contribution in [0, 0.1) is 11.3 Å². The van der Waals surface area contributed by atoms with Crippen molar-refractivity contribution >= 4 is 28.5 Å². The number of likely N-dealkylation sites (tertiary alicyclic amines) is 1. The van der Waals surface area contributed by atoms with Crippen molar-refractivity contribution in [2.75, 3.05) is 26.7 Å². The zero-order valence-corrected chi connectivity index (χ0v) is 21.8. The molecule has 0 aromatic heterocycles. The third-order valence-corrected chi connectivity index (χ3v) is 7.59. The van der Waals surface area contributed by atoms with Crippen molar-refractivity contribution in [2.45, 2.75) is 37.4 Å². The number of nitrogens with one attached hydrogen (secondary N) is 3. The molecule has 1 saturated heterocycles. The highest BCUT2D eigenvalue weighted by atomic mass is 16.5. The maximum absolute atomic E-state index is 13.8. The lowest BCUT2D eigenvalue weighted by molar-refractivity contribution is -0.139. The van der Waals surface area contributed by atoms with Gasteiger partial charge in [0.1, 0.15) is 18.9 Å². The van der Waals surface area contributed by atoms with Crippen molar-refractivity contribution in [3.05, 3.63) is 77.4 Å². The number of rotatable bonds is 9. The molecule has 39 heavy (non-hydrogen) atoms. The van der Waals surface area contributed by atoms with Crippen LogP contribution in [-0.2, 0) is 21.7 Å². The summed E-state index contributed by atoms with van der Waals surface area (Å²) in [6.45, 7) is 1.26. The summed E-state index contributed by atoms with van der Waals surface area (Å²) < 4.78 is 6.02. The Labute approximate surface area is 227 Å². The molecule has 9 nitrogen and oxygen atoms in total. The van der Waals surface area contributed by atoms with Crippen LogP contribution in [0.25, 0.3) is 10.8 Å².